The minimum Gasteiger partial charge on any atom is -0.497 e. The standard InChI is InChI=1S/C11H7F6N3O/c1-21-7-4-2-6(3-5-7)20-8(10(12,13)14)18-19-9(20)11(15,16)17/h2-5H,1H3. The van der Waals surface area contributed by atoms with E-state index in [9.17, 15) is 26.3 Å². The van der Waals surface area contributed by atoms with Crippen LogP contribution in [0, 0.1) is 0 Å². The lowest BCUT2D eigenvalue weighted by Gasteiger charge is -2.13. The minimum absolute atomic E-state index is 0.0839. The zero-order chi connectivity index (χ0) is 15.8. The van der Waals surface area contributed by atoms with Crippen molar-refractivity contribution in [2.45, 2.75) is 12.4 Å². The third kappa shape index (κ3) is 2.93. The molecule has 0 amide bonds. The molecule has 114 valence electrons. The highest BCUT2D eigenvalue weighted by Gasteiger charge is 2.45. The molecule has 1 aromatic carbocycles. The molecular weight excluding hydrogens is 304 g/mol. The summed E-state index contributed by atoms with van der Waals surface area (Å²) in [4.78, 5) is 0. The van der Waals surface area contributed by atoms with Gasteiger partial charge in [-0.1, -0.05) is 0 Å². The molecule has 0 saturated heterocycles. The summed E-state index contributed by atoms with van der Waals surface area (Å²) in [6.45, 7) is 0. The maximum absolute atomic E-state index is 12.8. The van der Waals surface area contributed by atoms with Crippen molar-refractivity contribution in [3.63, 3.8) is 0 Å². The number of benzene rings is 1. The number of aromatic nitrogens is 3. The molecule has 1 heterocycles. The van der Waals surface area contributed by atoms with Crippen LogP contribution in [-0.4, -0.2) is 21.9 Å². The third-order valence-electron chi connectivity index (χ3n) is 2.50. The van der Waals surface area contributed by atoms with Gasteiger partial charge in [-0.05, 0) is 24.3 Å². The van der Waals surface area contributed by atoms with Crippen LogP contribution in [0.5, 0.6) is 5.75 Å². The van der Waals surface area contributed by atoms with E-state index in [0.29, 0.717) is 0 Å². The van der Waals surface area contributed by atoms with Crippen molar-refractivity contribution >= 4 is 0 Å². The molecule has 0 aliphatic carbocycles. The Balaban J connectivity index is 2.65. The van der Waals surface area contributed by atoms with Crippen molar-refractivity contribution in [2.75, 3.05) is 7.11 Å². The minimum atomic E-state index is -5.07. The molecule has 0 fully saturated rings. The van der Waals surface area contributed by atoms with Gasteiger partial charge in [-0.3, -0.25) is 4.57 Å². The van der Waals surface area contributed by atoms with Crippen LogP contribution in [0.2, 0.25) is 0 Å². The van der Waals surface area contributed by atoms with E-state index in [1.54, 1.807) is 0 Å². The van der Waals surface area contributed by atoms with Crippen LogP contribution in [0.1, 0.15) is 11.6 Å². The molecule has 0 unspecified atom stereocenters. The molecule has 0 saturated carbocycles. The van der Waals surface area contributed by atoms with Crippen molar-refractivity contribution in [2.24, 2.45) is 0 Å². The predicted molar refractivity (Wildman–Crippen MR) is 57.9 cm³/mol. The smallest absolute Gasteiger partial charge is 0.452 e. The SMILES string of the molecule is COc1ccc(-n2c(C(F)(F)F)nnc2C(F)(F)F)cc1. The Morgan fingerprint density at radius 2 is 1.29 bits per heavy atom. The summed E-state index contributed by atoms with van der Waals surface area (Å²) in [5.74, 6) is -3.21. The fraction of sp³-hybridized carbons (Fsp3) is 0.273. The lowest BCUT2D eigenvalue weighted by Crippen LogP contribution is -2.19. The van der Waals surface area contributed by atoms with Crippen LogP contribution in [0.15, 0.2) is 24.3 Å². The molecule has 21 heavy (non-hydrogen) atoms. The van der Waals surface area contributed by atoms with Crippen LogP contribution in [0.25, 0.3) is 5.69 Å². The van der Waals surface area contributed by atoms with E-state index in [1.807, 2.05) is 0 Å². The van der Waals surface area contributed by atoms with Crippen molar-refractivity contribution in [1.82, 2.24) is 14.8 Å². The lowest BCUT2D eigenvalue weighted by atomic mass is 10.3. The summed E-state index contributed by atoms with van der Waals surface area (Å²) < 4.78 is 81.3. The number of methoxy groups -OCH3 is 1. The maximum atomic E-state index is 12.8. The van der Waals surface area contributed by atoms with Crippen LogP contribution in [0.3, 0.4) is 0 Å². The van der Waals surface area contributed by atoms with E-state index in [0.717, 1.165) is 12.1 Å². The molecule has 0 aliphatic heterocycles. The third-order valence-corrected chi connectivity index (χ3v) is 2.50. The molecule has 0 spiro atoms. The Bertz CT molecular complexity index is 597. The first-order valence-electron chi connectivity index (χ1n) is 5.39. The fourth-order valence-corrected chi connectivity index (χ4v) is 1.63. The first-order valence-corrected chi connectivity index (χ1v) is 5.39. The zero-order valence-corrected chi connectivity index (χ0v) is 10.3. The largest absolute Gasteiger partial charge is 0.497 e. The van der Waals surface area contributed by atoms with Crippen molar-refractivity contribution in [1.29, 1.82) is 0 Å². The number of alkyl halides is 6. The van der Waals surface area contributed by atoms with Crippen LogP contribution >= 0.6 is 0 Å². The van der Waals surface area contributed by atoms with Gasteiger partial charge in [0, 0.05) is 5.69 Å². The molecule has 0 bridgehead atoms. The van der Waals surface area contributed by atoms with Gasteiger partial charge in [0.15, 0.2) is 0 Å². The summed E-state index contributed by atoms with van der Waals surface area (Å²) in [5, 5.41) is 5.22. The highest BCUT2D eigenvalue weighted by molar-refractivity contribution is 5.39. The van der Waals surface area contributed by atoms with Gasteiger partial charge < -0.3 is 4.74 Å². The van der Waals surface area contributed by atoms with Gasteiger partial charge >= 0.3 is 12.4 Å². The van der Waals surface area contributed by atoms with E-state index >= 15 is 0 Å². The van der Waals surface area contributed by atoms with Gasteiger partial charge in [-0.2, -0.15) is 26.3 Å². The Morgan fingerprint density at radius 3 is 1.62 bits per heavy atom. The first-order chi connectivity index (χ1) is 9.64. The molecule has 1 aromatic heterocycles. The molecule has 2 rings (SSSR count). The number of nitrogens with zero attached hydrogens (tertiary/aromatic N) is 3. The summed E-state index contributed by atoms with van der Waals surface area (Å²) in [7, 11) is 1.32. The average Bonchev–Trinajstić information content (AvgIpc) is 2.83. The van der Waals surface area contributed by atoms with Gasteiger partial charge in [0.1, 0.15) is 5.75 Å². The molecule has 0 N–H and O–H groups in total. The van der Waals surface area contributed by atoms with E-state index in [1.165, 1.54) is 19.2 Å². The molecule has 10 heteroatoms. The topological polar surface area (TPSA) is 39.9 Å². The van der Waals surface area contributed by atoms with Crippen molar-refractivity contribution in [3.05, 3.63) is 35.9 Å². The van der Waals surface area contributed by atoms with Crippen LogP contribution < -0.4 is 4.74 Å². The summed E-state index contributed by atoms with van der Waals surface area (Å²) >= 11 is 0. The second kappa shape index (κ2) is 4.93. The Hall–Kier alpha value is -2.26. The molecule has 0 aliphatic rings. The second-order valence-corrected chi connectivity index (χ2v) is 3.88. The maximum Gasteiger partial charge on any atom is 0.452 e. The number of hydrogen-bond acceptors (Lipinski definition) is 3. The number of halogens is 6. The van der Waals surface area contributed by atoms with Gasteiger partial charge in [-0.15, -0.1) is 10.2 Å². The zero-order valence-electron chi connectivity index (χ0n) is 10.3. The predicted octanol–water partition coefficient (Wildman–Crippen LogP) is 3.31. The normalized spacial score (nSPS) is 12.5. The highest BCUT2D eigenvalue weighted by Crippen LogP contribution is 2.36. The van der Waals surface area contributed by atoms with E-state index in [4.69, 9.17) is 4.74 Å². The first kappa shape index (κ1) is 15.1. The summed E-state index contributed by atoms with van der Waals surface area (Å²) in [6.07, 6.45) is -10.1. The summed E-state index contributed by atoms with van der Waals surface area (Å²) in [5.41, 5.74) is -0.375. The van der Waals surface area contributed by atoms with Gasteiger partial charge in [0.05, 0.1) is 7.11 Å². The number of rotatable bonds is 2. The Morgan fingerprint density at radius 1 is 0.857 bits per heavy atom. The van der Waals surface area contributed by atoms with Crippen molar-refractivity contribution < 1.29 is 31.1 Å². The number of hydrogen-bond donors (Lipinski definition) is 0. The monoisotopic (exact) mass is 311 g/mol. The second-order valence-electron chi connectivity index (χ2n) is 3.88. The van der Waals surface area contributed by atoms with Crippen molar-refractivity contribution in [3.8, 4) is 11.4 Å². The molecule has 0 radical (unpaired) electrons. The highest BCUT2D eigenvalue weighted by atomic mass is 19.4. The number of ether oxygens (including phenoxy) is 1. The lowest BCUT2D eigenvalue weighted by molar-refractivity contribution is -0.153. The quantitative estimate of drug-likeness (QED) is 0.799. The van der Waals surface area contributed by atoms with Crippen LogP contribution in [-0.2, 0) is 12.4 Å². The molecule has 4 nitrogen and oxygen atoms in total. The Kier molecular flexibility index (Phi) is 3.56. The average molecular weight is 311 g/mol. The van der Waals surface area contributed by atoms with Gasteiger partial charge in [0.2, 0.25) is 11.6 Å². The fourth-order valence-electron chi connectivity index (χ4n) is 1.63. The molecule has 0 atom stereocenters. The van der Waals surface area contributed by atoms with Crippen LogP contribution in [0.4, 0.5) is 26.3 Å². The van der Waals surface area contributed by atoms with E-state index in [-0.39, 0.29) is 16.0 Å². The molecular formula is C11H7F6N3O. The van der Waals surface area contributed by atoms with Gasteiger partial charge in [0.25, 0.3) is 0 Å². The van der Waals surface area contributed by atoms with E-state index in [2.05, 4.69) is 10.2 Å². The molecule has 2 aromatic rings. The Labute approximate surface area is 114 Å². The summed E-state index contributed by atoms with van der Waals surface area (Å²) in [6, 6.07) is 4.56. The van der Waals surface area contributed by atoms with Gasteiger partial charge in [-0.25, -0.2) is 0 Å². The van der Waals surface area contributed by atoms with E-state index < -0.39 is 24.0 Å².